The van der Waals surface area contributed by atoms with Gasteiger partial charge in [-0.15, -0.1) is 0 Å². The van der Waals surface area contributed by atoms with Gasteiger partial charge in [-0.1, -0.05) is 0 Å². The van der Waals surface area contributed by atoms with Gasteiger partial charge >= 0.3 is 0 Å². The summed E-state index contributed by atoms with van der Waals surface area (Å²) in [4.78, 5) is 25.8. The third-order valence-corrected chi connectivity index (χ3v) is 3.18. The van der Waals surface area contributed by atoms with Gasteiger partial charge in [0.25, 0.3) is 5.91 Å². The lowest BCUT2D eigenvalue weighted by molar-refractivity contribution is -0.130. The summed E-state index contributed by atoms with van der Waals surface area (Å²) in [6, 6.07) is 1.01. The van der Waals surface area contributed by atoms with Crippen LogP contribution >= 0.6 is 0 Å². The maximum Gasteiger partial charge on any atom is 0.271 e. The van der Waals surface area contributed by atoms with Crippen LogP contribution in [0.3, 0.4) is 0 Å². The fourth-order valence-corrected chi connectivity index (χ4v) is 2.18. The largest absolute Gasteiger partial charge is 0.397 e. The number of nitrogens with two attached hydrogens (primary N) is 1. The molecule has 1 aliphatic heterocycles. The molecule has 2 rings (SSSR count). The Hall–Kier alpha value is -2.02. The van der Waals surface area contributed by atoms with Crippen LogP contribution in [0.5, 0.6) is 0 Å². The molecule has 0 aromatic carbocycles. The molecule has 0 spiro atoms. The van der Waals surface area contributed by atoms with Crippen molar-refractivity contribution in [2.24, 2.45) is 7.05 Å². The summed E-state index contributed by atoms with van der Waals surface area (Å²) < 4.78 is 6.93. The van der Waals surface area contributed by atoms with Crippen molar-refractivity contribution in [1.29, 1.82) is 0 Å². The average Bonchev–Trinajstić information content (AvgIpc) is 2.76. The van der Waals surface area contributed by atoms with Crippen LogP contribution in [0.15, 0.2) is 12.3 Å². The number of aryl methyl sites for hydroxylation is 1. The van der Waals surface area contributed by atoms with Gasteiger partial charge in [0, 0.05) is 26.8 Å². The minimum Gasteiger partial charge on any atom is -0.397 e. The molecule has 1 fully saturated rings. The Morgan fingerprint density at radius 2 is 2.26 bits per heavy atom. The number of aromatic nitrogens is 1. The van der Waals surface area contributed by atoms with E-state index < -0.39 is 6.04 Å². The van der Waals surface area contributed by atoms with Crippen LogP contribution in [-0.4, -0.2) is 54.1 Å². The van der Waals surface area contributed by atoms with E-state index in [1.165, 1.54) is 4.90 Å². The molecule has 19 heavy (non-hydrogen) atoms. The molecule has 1 unspecified atom stereocenters. The van der Waals surface area contributed by atoms with Gasteiger partial charge in [0.05, 0.1) is 18.9 Å². The molecule has 0 radical (unpaired) electrons. The monoisotopic (exact) mass is 266 g/mol. The molecule has 1 aliphatic rings. The molecule has 1 aromatic rings. The molecule has 7 nitrogen and oxygen atoms in total. The molecule has 7 heteroatoms. The lowest BCUT2D eigenvalue weighted by atomic mass is 10.2. The molecule has 0 bridgehead atoms. The van der Waals surface area contributed by atoms with Crippen molar-refractivity contribution in [3.05, 3.63) is 18.0 Å². The van der Waals surface area contributed by atoms with Crippen molar-refractivity contribution in [2.45, 2.75) is 6.04 Å². The predicted octanol–water partition coefficient (Wildman–Crippen LogP) is -0.806. The van der Waals surface area contributed by atoms with Gasteiger partial charge in [0.1, 0.15) is 11.7 Å². The highest BCUT2D eigenvalue weighted by atomic mass is 16.5. The number of ether oxygens (including phenoxy) is 1. The van der Waals surface area contributed by atoms with Crippen molar-refractivity contribution in [3.63, 3.8) is 0 Å². The lowest BCUT2D eigenvalue weighted by Gasteiger charge is -2.34. The average molecular weight is 266 g/mol. The number of anilines is 1. The van der Waals surface area contributed by atoms with E-state index in [0.717, 1.165) is 0 Å². The minimum atomic E-state index is -0.595. The highest BCUT2D eigenvalue weighted by molar-refractivity contribution is 5.97. The molecule has 2 amide bonds. The van der Waals surface area contributed by atoms with Gasteiger partial charge in [-0.25, -0.2) is 0 Å². The molecular weight excluding hydrogens is 248 g/mol. The highest BCUT2D eigenvalue weighted by Crippen LogP contribution is 2.16. The molecule has 3 N–H and O–H groups in total. The fraction of sp³-hybridized carbons (Fsp3) is 0.500. The van der Waals surface area contributed by atoms with Crippen molar-refractivity contribution < 1.29 is 14.3 Å². The van der Waals surface area contributed by atoms with E-state index in [4.69, 9.17) is 10.5 Å². The summed E-state index contributed by atoms with van der Waals surface area (Å²) in [5, 5.41) is 2.55. The number of hydrogen-bond donors (Lipinski definition) is 2. The SMILES string of the molecule is CNC(=O)C1COCCN1C(=O)c1cc(N)cn1C. The van der Waals surface area contributed by atoms with E-state index in [0.29, 0.717) is 24.5 Å². The maximum atomic E-state index is 12.5. The van der Waals surface area contributed by atoms with Gasteiger partial charge in [0.2, 0.25) is 5.91 Å². The second kappa shape index (κ2) is 5.31. The molecule has 0 aliphatic carbocycles. The first-order chi connectivity index (χ1) is 9.04. The first-order valence-electron chi connectivity index (χ1n) is 6.06. The van der Waals surface area contributed by atoms with E-state index >= 15 is 0 Å². The van der Waals surface area contributed by atoms with E-state index in [9.17, 15) is 9.59 Å². The van der Waals surface area contributed by atoms with Crippen LogP contribution < -0.4 is 11.1 Å². The molecule has 2 heterocycles. The van der Waals surface area contributed by atoms with E-state index in [-0.39, 0.29) is 18.4 Å². The van der Waals surface area contributed by atoms with Gasteiger partial charge in [0.15, 0.2) is 0 Å². The van der Waals surface area contributed by atoms with Crippen LogP contribution in [-0.2, 0) is 16.6 Å². The number of likely N-dealkylation sites (N-methyl/N-ethyl adjacent to an activating group) is 1. The second-order valence-corrected chi connectivity index (χ2v) is 4.47. The number of carbonyl (C=O) groups is 2. The van der Waals surface area contributed by atoms with Gasteiger partial charge < -0.3 is 25.3 Å². The van der Waals surface area contributed by atoms with Crippen molar-refractivity contribution in [3.8, 4) is 0 Å². The third kappa shape index (κ3) is 2.55. The molecule has 1 aromatic heterocycles. The van der Waals surface area contributed by atoms with E-state index in [1.54, 1.807) is 30.9 Å². The normalized spacial score (nSPS) is 19.3. The van der Waals surface area contributed by atoms with Crippen molar-refractivity contribution in [1.82, 2.24) is 14.8 Å². The maximum absolute atomic E-state index is 12.5. The summed E-state index contributed by atoms with van der Waals surface area (Å²) >= 11 is 0. The number of morpholine rings is 1. The lowest BCUT2D eigenvalue weighted by Crippen LogP contribution is -2.55. The quantitative estimate of drug-likeness (QED) is 0.733. The molecule has 1 atom stereocenters. The second-order valence-electron chi connectivity index (χ2n) is 4.47. The zero-order valence-electron chi connectivity index (χ0n) is 11.0. The molecule has 0 saturated carbocycles. The standard InChI is InChI=1S/C12H18N4O3/c1-14-11(17)10-7-19-4-3-16(10)12(18)9-5-8(13)6-15(9)2/h5-6,10H,3-4,7,13H2,1-2H3,(H,14,17). The van der Waals surface area contributed by atoms with E-state index in [1.807, 2.05) is 0 Å². The van der Waals surface area contributed by atoms with E-state index in [2.05, 4.69) is 5.32 Å². The summed E-state index contributed by atoms with van der Waals surface area (Å²) in [6.45, 7) is 1.03. The zero-order chi connectivity index (χ0) is 14.0. The summed E-state index contributed by atoms with van der Waals surface area (Å²) in [5.74, 6) is -0.439. The van der Waals surface area contributed by atoms with Crippen LogP contribution in [0.2, 0.25) is 0 Å². The molecule has 104 valence electrons. The Bertz CT molecular complexity index is 497. The zero-order valence-corrected chi connectivity index (χ0v) is 11.0. The molecular formula is C12H18N4O3. The summed E-state index contributed by atoms with van der Waals surface area (Å²) in [6.07, 6.45) is 1.67. The number of hydrogen-bond acceptors (Lipinski definition) is 4. The summed E-state index contributed by atoms with van der Waals surface area (Å²) in [5.41, 5.74) is 6.66. The third-order valence-electron chi connectivity index (χ3n) is 3.18. The van der Waals surface area contributed by atoms with Crippen LogP contribution in [0.1, 0.15) is 10.5 Å². The number of nitrogens with zero attached hydrogens (tertiary/aromatic N) is 2. The van der Waals surface area contributed by atoms with Crippen molar-refractivity contribution in [2.75, 3.05) is 32.5 Å². The van der Waals surface area contributed by atoms with Crippen LogP contribution in [0, 0.1) is 0 Å². The Kier molecular flexibility index (Phi) is 3.75. The first kappa shape index (κ1) is 13.4. The number of rotatable bonds is 2. The predicted molar refractivity (Wildman–Crippen MR) is 69.5 cm³/mol. The van der Waals surface area contributed by atoms with Crippen LogP contribution in [0.4, 0.5) is 5.69 Å². The number of nitrogens with one attached hydrogen (secondary N) is 1. The Labute approximate surface area is 111 Å². The topological polar surface area (TPSA) is 89.6 Å². The number of carbonyl (C=O) groups excluding carboxylic acids is 2. The molecule has 1 saturated heterocycles. The Morgan fingerprint density at radius 1 is 1.53 bits per heavy atom. The van der Waals surface area contributed by atoms with Crippen molar-refractivity contribution >= 4 is 17.5 Å². The fourth-order valence-electron chi connectivity index (χ4n) is 2.18. The number of amides is 2. The number of nitrogen functional groups attached to an aromatic ring is 1. The Morgan fingerprint density at radius 3 is 2.84 bits per heavy atom. The van der Waals surface area contributed by atoms with Gasteiger partial charge in [-0.05, 0) is 6.07 Å². The Balaban J connectivity index is 2.25. The summed E-state index contributed by atoms with van der Waals surface area (Å²) in [7, 11) is 3.29. The smallest absolute Gasteiger partial charge is 0.271 e. The minimum absolute atomic E-state index is 0.212. The van der Waals surface area contributed by atoms with Crippen LogP contribution in [0.25, 0.3) is 0 Å². The first-order valence-corrected chi connectivity index (χ1v) is 6.06. The van der Waals surface area contributed by atoms with Gasteiger partial charge in [-0.3, -0.25) is 9.59 Å². The highest BCUT2D eigenvalue weighted by Gasteiger charge is 2.33. The van der Waals surface area contributed by atoms with Gasteiger partial charge in [-0.2, -0.15) is 0 Å².